The van der Waals surface area contributed by atoms with Crippen LogP contribution in [0.25, 0.3) is 0 Å². The highest BCUT2D eigenvalue weighted by Gasteiger charge is 2.21. The molecule has 1 aromatic rings. The molecule has 0 spiro atoms. The van der Waals surface area contributed by atoms with Crippen LogP contribution in [0.15, 0.2) is 4.34 Å². The molecule has 1 heterocycles. The first kappa shape index (κ1) is 25.9. The Bertz CT molecular complexity index is 448. The lowest BCUT2D eigenvalue weighted by molar-refractivity contribution is 0.105. The number of aromatic nitrogens is 2. The number of hydrogen-bond acceptors (Lipinski definition) is 7. The van der Waals surface area contributed by atoms with E-state index in [4.69, 9.17) is 14.0 Å². The SMILES string of the molecule is CCCCCCCCOB(OCCCCCCCC)OCSc1nnc(C)s1. The van der Waals surface area contributed by atoms with E-state index in [0.717, 1.165) is 22.2 Å². The van der Waals surface area contributed by atoms with E-state index in [9.17, 15) is 0 Å². The van der Waals surface area contributed by atoms with Gasteiger partial charge in [0.25, 0.3) is 0 Å². The second-order valence-corrected chi connectivity index (χ2v) is 9.43. The summed E-state index contributed by atoms with van der Waals surface area (Å²) in [6.45, 7) is 7.82. The predicted octanol–water partition coefficient (Wildman–Crippen LogP) is 6.65. The van der Waals surface area contributed by atoms with Crippen LogP contribution in [0.5, 0.6) is 0 Å². The standard InChI is InChI=1S/C20H39BN2O3S2/c1-4-6-8-10-12-14-16-24-21(25-17-15-13-11-9-7-5-2)26-18-27-20-23-22-19(3)28-20/h4-18H2,1-3H3. The molecule has 0 aliphatic rings. The predicted molar refractivity (Wildman–Crippen MR) is 121 cm³/mol. The van der Waals surface area contributed by atoms with Crippen LogP contribution in [-0.2, 0) is 14.0 Å². The zero-order valence-electron chi connectivity index (χ0n) is 18.1. The van der Waals surface area contributed by atoms with Crippen LogP contribution in [-0.4, -0.2) is 36.7 Å². The number of hydrogen-bond donors (Lipinski definition) is 0. The Morgan fingerprint density at radius 3 is 1.79 bits per heavy atom. The number of nitrogens with zero attached hydrogens (tertiary/aromatic N) is 2. The van der Waals surface area contributed by atoms with Crippen molar-refractivity contribution in [3.05, 3.63) is 5.01 Å². The maximum atomic E-state index is 5.85. The van der Waals surface area contributed by atoms with Gasteiger partial charge in [-0.25, -0.2) is 0 Å². The highest BCUT2D eigenvalue weighted by molar-refractivity contribution is 8.00. The van der Waals surface area contributed by atoms with Gasteiger partial charge in [-0.3, -0.25) is 0 Å². The van der Waals surface area contributed by atoms with E-state index in [2.05, 4.69) is 24.0 Å². The maximum absolute atomic E-state index is 5.85. The molecule has 0 saturated heterocycles. The zero-order valence-corrected chi connectivity index (χ0v) is 19.8. The van der Waals surface area contributed by atoms with Crippen molar-refractivity contribution >= 4 is 30.4 Å². The van der Waals surface area contributed by atoms with Crippen molar-refractivity contribution in [1.82, 2.24) is 10.2 Å². The van der Waals surface area contributed by atoms with Crippen molar-refractivity contribution in [1.29, 1.82) is 0 Å². The Hall–Kier alpha value is -0.145. The molecule has 0 radical (unpaired) electrons. The summed E-state index contributed by atoms with van der Waals surface area (Å²) in [7, 11) is -0.576. The summed E-state index contributed by atoms with van der Waals surface area (Å²) in [5.74, 6) is 0.465. The van der Waals surface area contributed by atoms with Gasteiger partial charge in [-0.1, -0.05) is 101 Å². The molecule has 1 rings (SSSR count). The third kappa shape index (κ3) is 14.8. The lowest BCUT2D eigenvalue weighted by Gasteiger charge is -2.14. The molecule has 0 fully saturated rings. The van der Waals surface area contributed by atoms with Crippen LogP contribution < -0.4 is 0 Å². The van der Waals surface area contributed by atoms with E-state index < -0.39 is 7.32 Å². The minimum atomic E-state index is -0.576. The van der Waals surface area contributed by atoms with Crippen molar-refractivity contribution < 1.29 is 14.0 Å². The molecule has 28 heavy (non-hydrogen) atoms. The summed E-state index contributed by atoms with van der Waals surface area (Å²) in [5, 5.41) is 9.10. The zero-order chi connectivity index (χ0) is 20.3. The smallest absolute Gasteiger partial charge is 0.386 e. The maximum Gasteiger partial charge on any atom is 0.640 e. The van der Waals surface area contributed by atoms with E-state index in [0.29, 0.717) is 19.2 Å². The fourth-order valence-electron chi connectivity index (χ4n) is 2.74. The molecule has 0 bridgehead atoms. The highest BCUT2D eigenvalue weighted by Crippen LogP contribution is 2.22. The van der Waals surface area contributed by atoms with Gasteiger partial charge in [0, 0.05) is 13.2 Å². The molecule has 0 amide bonds. The summed E-state index contributed by atoms with van der Waals surface area (Å²) < 4.78 is 18.4. The average Bonchev–Trinajstić information content (AvgIpc) is 3.11. The van der Waals surface area contributed by atoms with E-state index in [1.165, 1.54) is 76.0 Å². The van der Waals surface area contributed by atoms with Gasteiger partial charge in [-0.05, 0) is 19.8 Å². The largest absolute Gasteiger partial charge is 0.640 e. The Morgan fingerprint density at radius 2 is 1.29 bits per heavy atom. The Labute approximate surface area is 180 Å². The molecule has 0 saturated carbocycles. The summed E-state index contributed by atoms with van der Waals surface area (Å²) >= 11 is 3.12. The minimum Gasteiger partial charge on any atom is -0.386 e. The average molecular weight is 430 g/mol. The minimum absolute atomic E-state index is 0.465. The van der Waals surface area contributed by atoms with Gasteiger partial charge in [0.1, 0.15) is 5.01 Å². The summed E-state index contributed by atoms with van der Waals surface area (Å²) in [6, 6.07) is 0. The molecule has 0 unspecified atom stereocenters. The van der Waals surface area contributed by atoms with Gasteiger partial charge in [0.05, 0.1) is 5.94 Å². The van der Waals surface area contributed by atoms with Crippen LogP contribution in [0.3, 0.4) is 0 Å². The lowest BCUT2D eigenvalue weighted by atomic mass is 10.1. The van der Waals surface area contributed by atoms with Crippen LogP contribution >= 0.6 is 23.1 Å². The van der Waals surface area contributed by atoms with Gasteiger partial charge in [-0.2, -0.15) is 0 Å². The molecular formula is C20H39BN2O3S2. The molecule has 162 valence electrons. The molecule has 0 aliphatic heterocycles. The highest BCUT2D eigenvalue weighted by atomic mass is 32.2. The van der Waals surface area contributed by atoms with Gasteiger partial charge in [0.15, 0.2) is 4.34 Å². The Morgan fingerprint density at radius 1 is 0.750 bits per heavy atom. The molecule has 8 heteroatoms. The van der Waals surface area contributed by atoms with Gasteiger partial charge >= 0.3 is 7.32 Å². The molecule has 0 aromatic carbocycles. The normalized spacial score (nSPS) is 11.2. The van der Waals surface area contributed by atoms with E-state index in [1.807, 2.05) is 6.92 Å². The first-order chi connectivity index (χ1) is 13.8. The summed E-state index contributed by atoms with van der Waals surface area (Å²) in [5.41, 5.74) is 0. The summed E-state index contributed by atoms with van der Waals surface area (Å²) in [4.78, 5) is 0. The topological polar surface area (TPSA) is 53.5 Å². The first-order valence-corrected chi connectivity index (χ1v) is 12.8. The first-order valence-electron chi connectivity index (χ1n) is 11.0. The molecule has 5 nitrogen and oxygen atoms in total. The number of rotatable bonds is 20. The number of aryl methyl sites for hydroxylation is 1. The van der Waals surface area contributed by atoms with Gasteiger partial charge < -0.3 is 14.0 Å². The quantitative estimate of drug-likeness (QED) is 0.0999. The van der Waals surface area contributed by atoms with Gasteiger partial charge in [0.2, 0.25) is 0 Å². The van der Waals surface area contributed by atoms with E-state index >= 15 is 0 Å². The van der Waals surface area contributed by atoms with Crippen LogP contribution in [0.1, 0.15) is 95.9 Å². The molecule has 0 atom stereocenters. The van der Waals surface area contributed by atoms with Crippen molar-refractivity contribution in [3.63, 3.8) is 0 Å². The van der Waals surface area contributed by atoms with E-state index in [-0.39, 0.29) is 0 Å². The van der Waals surface area contributed by atoms with Crippen LogP contribution in [0, 0.1) is 6.92 Å². The number of thioether (sulfide) groups is 1. The van der Waals surface area contributed by atoms with Crippen molar-refractivity contribution in [2.75, 3.05) is 19.2 Å². The Balaban J connectivity index is 2.18. The lowest BCUT2D eigenvalue weighted by Crippen LogP contribution is -2.28. The second kappa shape index (κ2) is 18.9. The second-order valence-electron chi connectivity index (χ2n) is 7.08. The van der Waals surface area contributed by atoms with Crippen LogP contribution in [0.4, 0.5) is 0 Å². The summed E-state index contributed by atoms with van der Waals surface area (Å²) in [6.07, 6.45) is 15.0. The molecular weight excluding hydrogens is 391 g/mol. The molecule has 0 aliphatic carbocycles. The third-order valence-corrected chi connectivity index (χ3v) is 6.22. The van der Waals surface area contributed by atoms with E-state index in [1.54, 1.807) is 11.3 Å². The van der Waals surface area contributed by atoms with Crippen LogP contribution in [0.2, 0.25) is 0 Å². The molecule has 1 aromatic heterocycles. The van der Waals surface area contributed by atoms with Gasteiger partial charge in [-0.15, -0.1) is 10.2 Å². The van der Waals surface area contributed by atoms with Crippen molar-refractivity contribution in [2.45, 2.75) is 102 Å². The Kier molecular flexibility index (Phi) is 17.4. The fraction of sp³-hybridized carbons (Fsp3) is 0.900. The molecule has 0 N–H and O–H groups in total. The third-order valence-electron chi connectivity index (χ3n) is 4.40. The van der Waals surface area contributed by atoms with Crippen molar-refractivity contribution in [3.8, 4) is 0 Å². The monoisotopic (exact) mass is 430 g/mol. The number of unbranched alkanes of at least 4 members (excludes halogenated alkanes) is 10. The fourth-order valence-corrected chi connectivity index (χ4v) is 4.28. The van der Waals surface area contributed by atoms with Crippen molar-refractivity contribution in [2.24, 2.45) is 0 Å².